The Morgan fingerprint density at radius 1 is 0.349 bits per heavy atom. The van der Waals surface area contributed by atoms with Gasteiger partial charge in [-0.15, -0.1) is 0 Å². The minimum Gasteiger partial charge on any atom is -0.462 e. The van der Waals surface area contributed by atoms with Crippen LogP contribution < -0.4 is 0 Å². The van der Waals surface area contributed by atoms with Crippen LogP contribution in [-0.4, -0.2) is 37.2 Å². The third kappa shape index (κ3) is 48.7. The molecule has 6 nitrogen and oxygen atoms in total. The first-order valence-corrected chi connectivity index (χ1v) is 25.1. The Kier molecular flexibility index (Phi) is 47.1. The molecule has 6 heteroatoms. The third-order valence-corrected chi connectivity index (χ3v) is 10.0. The van der Waals surface area contributed by atoms with Crippen molar-refractivity contribution in [3.63, 3.8) is 0 Å². The van der Waals surface area contributed by atoms with E-state index in [9.17, 15) is 14.4 Å². The normalized spacial score (nSPS) is 13.1. The molecular weight excluding hydrogens is 781 g/mol. The topological polar surface area (TPSA) is 78.9 Å². The first-order valence-electron chi connectivity index (χ1n) is 25.1. The summed E-state index contributed by atoms with van der Waals surface area (Å²) in [5, 5.41) is 0. The number of unbranched alkanes of at least 4 members (excludes halogenated alkanes) is 14. The zero-order chi connectivity index (χ0) is 45.8. The lowest BCUT2D eigenvalue weighted by Crippen LogP contribution is -2.30. The Labute approximate surface area is 386 Å². The highest BCUT2D eigenvalue weighted by Gasteiger charge is 2.19. The van der Waals surface area contributed by atoms with E-state index in [0.717, 1.165) is 89.9 Å². The summed E-state index contributed by atoms with van der Waals surface area (Å²) in [4.78, 5) is 37.9. The van der Waals surface area contributed by atoms with Crippen LogP contribution >= 0.6 is 0 Å². The molecule has 0 aromatic carbocycles. The quantitative estimate of drug-likeness (QED) is 0.0200. The average molecular weight is 871 g/mol. The van der Waals surface area contributed by atoms with Gasteiger partial charge >= 0.3 is 17.9 Å². The van der Waals surface area contributed by atoms with Crippen molar-refractivity contribution >= 4 is 17.9 Å². The molecule has 0 amide bonds. The Morgan fingerprint density at radius 2 is 0.746 bits per heavy atom. The van der Waals surface area contributed by atoms with Gasteiger partial charge in [0.15, 0.2) is 6.10 Å². The van der Waals surface area contributed by atoms with Crippen LogP contribution in [0.1, 0.15) is 201 Å². The molecule has 1 atom stereocenters. The van der Waals surface area contributed by atoms with E-state index < -0.39 is 6.10 Å². The number of hydrogen-bond acceptors (Lipinski definition) is 6. The van der Waals surface area contributed by atoms with E-state index in [1.165, 1.54) is 57.8 Å². The third-order valence-electron chi connectivity index (χ3n) is 10.0. The Bertz CT molecular complexity index is 1370. The highest BCUT2D eigenvalue weighted by atomic mass is 16.6. The second-order valence-corrected chi connectivity index (χ2v) is 16.0. The summed E-state index contributed by atoms with van der Waals surface area (Å²) in [6, 6.07) is 0. The van der Waals surface area contributed by atoms with Gasteiger partial charge in [0.1, 0.15) is 13.2 Å². The molecule has 0 saturated heterocycles. The fourth-order valence-corrected chi connectivity index (χ4v) is 6.29. The van der Waals surface area contributed by atoms with Crippen LogP contribution in [-0.2, 0) is 28.6 Å². The molecule has 0 bridgehead atoms. The lowest BCUT2D eigenvalue weighted by Gasteiger charge is -2.18. The van der Waals surface area contributed by atoms with Gasteiger partial charge in [0.25, 0.3) is 0 Å². The predicted molar refractivity (Wildman–Crippen MR) is 269 cm³/mol. The van der Waals surface area contributed by atoms with Crippen LogP contribution in [0, 0.1) is 0 Å². The Hall–Kier alpha value is -4.19. The van der Waals surface area contributed by atoms with E-state index in [1.54, 1.807) is 0 Å². The molecule has 0 N–H and O–H groups in total. The van der Waals surface area contributed by atoms with Crippen LogP contribution in [0.4, 0.5) is 0 Å². The molecule has 0 fully saturated rings. The van der Waals surface area contributed by atoms with Crippen LogP contribution in [0.3, 0.4) is 0 Å². The SMILES string of the molecule is CC\C=C/C=C\C=C/CCCCCCCCCC(=O)OC(COC(=O)CC/C=C\C/C=C\CCCCCCCC)COC(=O)CCC/C=C\C/C=C\C/C=C\C/C=C\C/C=C\CC. The molecular formula is C57H90O6. The van der Waals surface area contributed by atoms with Gasteiger partial charge in [-0.2, -0.15) is 0 Å². The maximum absolute atomic E-state index is 12.8. The summed E-state index contributed by atoms with van der Waals surface area (Å²) in [6.45, 7) is 6.25. The highest BCUT2D eigenvalue weighted by molar-refractivity contribution is 5.71. The van der Waals surface area contributed by atoms with Gasteiger partial charge in [0, 0.05) is 19.3 Å². The van der Waals surface area contributed by atoms with Gasteiger partial charge in [-0.1, -0.05) is 206 Å². The maximum Gasteiger partial charge on any atom is 0.306 e. The van der Waals surface area contributed by atoms with Gasteiger partial charge < -0.3 is 14.2 Å². The number of esters is 3. The first-order chi connectivity index (χ1) is 31.0. The summed E-state index contributed by atoms with van der Waals surface area (Å²) in [5.41, 5.74) is 0. The summed E-state index contributed by atoms with van der Waals surface area (Å²) in [5.74, 6) is -1.08. The molecule has 0 spiro atoms. The van der Waals surface area contributed by atoms with E-state index >= 15 is 0 Å². The summed E-state index contributed by atoms with van der Waals surface area (Å²) in [7, 11) is 0. The van der Waals surface area contributed by atoms with E-state index in [-0.39, 0.29) is 50.4 Å². The molecule has 0 aliphatic rings. The maximum atomic E-state index is 12.8. The van der Waals surface area contributed by atoms with Crippen molar-refractivity contribution in [1.29, 1.82) is 0 Å². The highest BCUT2D eigenvalue weighted by Crippen LogP contribution is 2.12. The average Bonchev–Trinajstić information content (AvgIpc) is 3.28. The molecule has 1 unspecified atom stereocenters. The molecule has 0 radical (unpaired) electrons. The molecule has 0 aromatic rings. The van der Waals surface area contributed by atoms with Crippen LogP contribution in [0.5, 0.6) is 0 Å². The van der Waals surface area contributed by atoms with Crippen molar-refractivity contribution in [1.82, 2.24) is 0 Å². The second-order valence-electron chi connectivity index (χ2n) is 16.0. The molecule has 354 valence electrons. The van der Waals surface area contributed by atoms with Crippen molar-refractivity contribution < 1.29 is 28.6 Å². The monoisotopic (exact) mass is 871 g/mol. The number of rotatable bonds is 43. The Morgan fingerprint density at radius 3 is 1.29 bits per heavy atom. The van der Waals surface area contributed by atoms with Gasteiger partial charge in [-0.25, -0.2) is 0 Å². The van der Waals surface area contributed by atoms with E-state index in [1.807, 2.05) is 6.08 Å². The van der Waals surface area contributed by atoms with Crippen molar-refractivity contribution in [2.24, 2.45) is 0 Å². The number of allylic oxidation sites excluding steroid dienone is 20. The fourth-order valence-electron chi connectivity index (χ4n) is 6.29. The standard InChI is InChI=1S/C57H90O6/c1-4-7-10-13-16-19-22-25-27-28-30-32-35-38-41-44-47-50-56(59)62-53-54(52-61-55(58)49-46-43-40-37-34-31-24-21-18-15-12-9-6-3)63-57(60)51-48-45-42-39-36-33-29-26-23-20-17-14-11-8-5-2/h7-8,10-11,14,16-17,19-20,23,25,27,30-32,34,38,40-41,43,54H,4-6,9,12-13,15,18,21-22,24,26,28-29,33,35-37,39,42,44-53H2,1-3H3/b10-7-,11-8-,17-14-,19-16-,23-20-,27-25-,32-30-,34-31-,41-38-,43-40-. The molecule has 0 saturated carbocycles. The fraction of sp³-hybridized carbons (Fsp3) is 0.596. The number of carbonyl (C=O) groups excluding carboxylic acids is 3. The number of hydrogen-bond donors (Lipinski definition) is 0. The largest absolute Gasteiger partial charge is 0.462 e. The number of ether oxygens (including phenoxy) is 3. The van der Waals surface area contributed by atoms with Crippen molar-refractivity contribution in [3.8, 4) is 0 Å². The van der Waals surface area contributed by atoms with E-state index in [0.29, 0.717) is 12.8 Å². The summed E-state index contributed by atoms with van der Waals surface area (Å²) < 4.78 is 16.7. The minimum absolute atomic E-state index is 0.133. The summed E-state index contributed by atoms with van der Waals surface area (Å²) in [6.07, 6.45) is 69.1. The predicted octanol–water partition coefficient (Wildman–Crippen LogP) is 16.5. The lowest BCUT2D eigenvalue weighted by molar-refractivity contribution is -0.166. The van der Waals surface area contributed by atoms with Gasteiger partial charge in [0.2, 0.25) is 0 Å². The van der Waals surface area contributed by atoms with Crippen molar-refractivity contribution in [2.45, 2.75) is 207 Å². The number of carbonyl (C=O) groups is 3. The molecule has 0 heterocycles. The van der Waals surface area contributed by atoms with Crippen LogP contribution in [0.2, 0.25) is 0 Å². The van der Waals surface area contributed by atoms with Gasteiger partial charge in [0.05, 0.1) is 0 Å². The Balaban J connectivity index is 4.58. The van der Waals surface area contributed by atoms with Crippen LogP contribution in [0.25, 0.3) is 0 Å². The van der Waals surface area contributed by atoms with Gasteiger partial charge in [-0.05, 0) is 96.3 Å². The molecule has 63 heavy (non-hydrogen) atoms. The van der Waals surface area contributed by atoms with Crippen LogP contribution in [0.15, 0.2) is 122 Å². The lowest BCUT2D eigenvalue weighted by atomic mass is 10.1. The second kappa shape index (κ2) is 50.5. The van der Waals surface area contributed by atoms with Crippen molar-refractivity contribution in [3.05, 3.63) is 122 Å². The molecule has 0 aliphatic carbocycles. The molecule has 0 aliphatic heterocycles. The van der Waals surface area contributed by atoms with Crippen molar-refractivity contribution in [2.75, 3.05) is 13.2 Å². The van der Waals surface area contributed by atoms with E-state index in [4.69, 9.17) is 14.2 Å². The first kappa shape index (κ1) is 58.8. The van der Waals surface area contributed by atoms with E-state index in [2.05, 4.69) is 136 Å². The smallest absolute Gasteiger partial charge is 0.306 e. The molecule has 0 rings (SSSR count). The minimum atomic E-state index is -0.832. The van der Waals surface area contributed by atoms with Gasteiger partial charge in [-0.3, -0.25) is 14.4 Å². The summed E-state index contributed by atoms with van der Waals surface area (Å²) >= 11 is 0. The molecule has 0 aromatic heterocycles. The zero-order valence-corrected chi connectivity index (χ0v) is 40.3. The zero-order valence-electron chi connectivity index (χ0n) is 40.3.